The smallest absolute Gasteiger partial charge is 0.251 e. The van der Waals surface area contributed by atoms with Gasteiger partial charge in [-0.1, -0.05) is 36.8 Å². The molecule has 0 unspecified atom stereocenters. The van der Waals surface area contributed by atoms with Crippen molar-refractivity contribution in [1.29, 1.82) is 0 Å². The molecule has 0 aliphatic carbocycles. The van der Waals surface area contributed by atoms with Crippen LogP contribution in [-0.2, 0) is 14.3 Å². The minimum Gasteiger partial charge on any atom is -0.343 e. The fourth-order valence-electron chi connectivity index (χ4n) is 4.12. The van der Waals surface area contributed by atoms with Crippen molar-refractivity contribution in [2.24, 2.45) is 0 Å². The van der Waals surface area contributed by atoms with Crippen LogP contribution in [-0.4, -0.2) is 35.2 Å². The van der Waals surface area contributed by atoms with Gasteiger partial charge in [-0.3, -0.25) is 19.6 Å². The number of hydrogen-bond acceptors (Lipinski definition) is 6. The summed E-state index contributed by atoms with van der Waals surface area (Å²) in [5.74, 6) is -0.0110. The van der Waals surface area contributed by atoms with Gasteiger partial charge >= 0.3 is 0 Å². The molecule has 1 aliphatic heterocycles. The average Bonchev–Trinajstić information content (AvgIpc) is 3.40. The number of anilines is 1. The average molecular weight is 510 g/mol. The van der Waals surface area contributed by atoms with Crippen molar-refractivity contribution >= 4 is 46.5 Å². The van der Waals surface area contributed by atoms with Crippen LogP contribution in [0.2, 0.25) is 0 Å². The number of hydrogen-bond donors (Lipinski definition) is 4. The third kappa shape index (κ3) is 6.30. The summed E-state index contributed by atoms with van der Waals surface area (Å²) >= 11 is 3.41. The highest BCUT2D eigenvalue weighted by molar-refractivity contribution is 8.00. The monoisotopic (exact) mass is 509 g/mol. The molecule has 1 aliphatic rings. The summed E-state index contributed by atoms with van der Waals surface area (Å²) in [6, 6.07) is 20.4. The minimum absolute atomic E-state index is 0.131. The van der Waals surface area contributed by atoms with Gasteiger partial charge in [0, 0.05) is 27.4 Å². The topological polar surface area (TPSA) is 108 Å². The van der Waals surface area contributed by atoms with Crippen molar-refractivity contribution < 1.29 is 19.6 Å². The third-order valence-electron chi connectivity index (χ3n) is 5.86. The van der Waals surface area contributed by atoms with Gasteiger partial charge in [0.15, 0.2) is 0 Å². The summed E-state index contributed by atoms with van der Waals surface area (Å²) in [4.78, 5) is 38.7. The van der Waals surface area contributed by atoms with E-state index in [-0.39, 0.29) is 35.4 Å². The van der Waals surface area contributed by atoms with Crippen LogP contribution in [0, 0.1) is 0 Å². The zero-order valence-electron chi connectivity index (χ0n) is 19.1. The molecule has 0 spiro atoms. The molecular weight excluding hydrogens is 482 g/mol. The molecule has 1 atom stereocenters. The SMILES string of the molecule is O=C(C[C@]1(c2ccc(-c3cccc(NC(=O)CNC(=O)c4ccccc4)c3)s2)CCCCS1)NO. The molecule has 4 N–H and O–H groups in total. The molecule has 7 nitrogen and oxygen atoms in total. The number of thioether (sulfide) groups is 1. The fraction of sp³-hybridized carbons (Fsp3) is 0.269. The number of nitrogens with one attached hydrogen (secondary N) is 3. The van der Waals surface area contributed by atoms with Gasteiger partial charge in [-0.2, -0.15) is 0 Å². The van der Waals surface area contributed by atoms with Crippen molar-refractivity contribution in [3.05, 3.63) is 77.2 Å². The summed E-state index contributed by atoms with van der Waals surface area (Å²) < 4.78 is -0.337. The standard InChI is InChI=1S/C26H27N3O4S2/c30-23(29-33)16-26(13-4-5-14-34-26)22-12-11-21(35-22)19-9-6-10-20(15-19)28-24(31)17-27-25(32)18-7-2-1-3-8-18/h1-3,6-12,15,33H,4-5,13-14,16-17H2,(H,27,32)(H,28,31)(H,29,30)/t26-/m0/s1. The molecule has 1 aromatic heterocycles. The molecule has 182 valence electrons. The second kappa shape index (κ2) is 11.5. The van der Waals surface area contributed by atoms with E-state index < -0.39 is 0 Å². The first-order chi connectivity index (χ1) is 17.0. The Morgan fingerprint density at radius 3 is 2.51 bits per heavy atom. The molecule has 3 amide bonds. The Bertz CT molecular complexity index is 1190. The molecule has 0 saturated carbocycles. The normalized spacial score (nSPS) is 17.4. The zero-order chi connectivity index (χ0) is 24.7. The van der Waals surface area contributed by atoms with E-state index in [1.807, 2.05) is 30.3 Å². The highest BCUT2D eigenvalue weighted by atomic mass is 32.2. The van der Waals surface area contributed by atoms with Gasteiger partial charge in [0.25, 0.3) is 5.91 Å². The van der Waals surface area contributed by atoms with Crippen LogP contribution >= 0.6 is 23.1 Å². The number of carbonyl (C=O) groups excluding carboxylic acids is 3. The van der Waals surface area contributed by atoms with Gasteiger partial charge in [0.2, 0.25) is 11.8 Å². The molecular formula is C26H27N3O4S2. The summed E-state index contributed by atoms with van der Waals surface area (Å²) in [5, 5.41) is 14.5. The molecule has 0 radical (unpaired) electrons. The Labute approximate surface area is 212 Å². The molecule has 4 rings (SSSR count). The molecule has 1 fully saturated rings. The number of amides is 3. The first-order valence-corrected chi connectivity index (χ1v) is 13.2. The van der Waals surface area contributed by atoms with Gasteiger partial charge in [0.1, 0.15) is 0 Å². The maximum Gasteiger partial charge on any atom is 0.251 e. The van der Waals surface area contributed by atoms with Crippen LogP contribution in [0.25, 0.3) is 10.4 Å². The maximum atomic E-state index is 12.4. The lowest BCUT2D eigenvalue weighted by Gasteiger charge is -2.35. The van der Waals surface area contributed by atoms with Crippen molar-refractivity contribution in [3.8, 4) is 10.4 Å². The Morgan fingerprint density at radius 2 is 1.77 bits per heavy atom. The van der Waals surface area contributed by atoms with Crippen LogP contribution in [0.4, 0.5) is 5.69 Å². The van der Waals surface area contributed by atoms with Gasteiger partial charge in [-0.25, -0.2) is 5.48 Å². The number of hydroxylamine groups is 1. The predicted molar refractivity (Wildman–Crippen MR) is 140 cm³/mol. The van der Waals surface area contributed by atoms with Crippen molar-refractivity contribution in [2.45, 2.75) is 30.4 Å². The van der Waals surface area contributed by atoms with E-state index in [0.717, 1.165) is 40.3 Å². The van der Waals surface area contributed by atoms with Gasteiger partial charge in [0.05, 0.1) is 11.3 Å². The van der Waals surface area contributed by atoms with E-state index in [4.69, 9.17) is 5.21 Å². The maximum absolute atomic E-state index is 12.4. The van der Waals surface area contributed by atoms with Crippen LogP contribution < -0.4 is 16.1 Å². The van der Waals surface area contributed by atoms with Gasteiger partial charge in [-0.15, -0.1) is 23.1 Å². The van der Waals surface area contributed by atoms with Crippen LogP contribution in [0.3, 0.4) is 0 Å². The first kappa shape index (κ1) is 25.0. The second-order valence-corrected chi connectivity index (χ2v) is 10.9. The van der Waals surface area contributed by atoms with E-state index in [1.54, 1.807) is 58.9 Å². The number of thiophene rings is 1. The molecule has 0 bridgehead atoms. The number of rotatable bonds is 8. The molecule has 1 saturated heterocycles. The Kier molecular flexibility index (Phi) is 8.22. The highest BCUT2D eigenvalue weighted by Crippen LogP contribution is 2.50. The fourth-order valence-corrected chi connectivity index (χ4v) is 7.00. The summed E-state index contributed by atoms with van der Waals surface area (Å²) in [5.41, 5.74) is 3.87. The lowest BCUT2D eigenvalue weighted by Crippen LogP contribution is -2.32. The van der Waals surface area contributed by atoms with Gasteiger partial charge < -0.3 is 10.6 Å². The van der Waals surface area contributed by atoms with E-state index in [2.05, 4.69) is 16.7 Å². The predicted octanol–water partition coefficient (Wildman–Crippen LogP) is 4.79. The first-order valence-electron chi connectivity index (χ1n) is 11.4. The lowest BCUT2D eigenvalue weighted by atomic mass is 9.94. The Balaban J connectivity index is 1.43. The molecule has 35 heavy (non-hydrogen) atoms. The molecule has 2 heterocycles. The van der Waals surface area contributed by atoms with Crippen molar-refractivity contribution in [1.82, 2.24) is 10.8 Å². The van der Waals surface area contributed by atoms with E-state index in [0.29, 0.717) is 11.3 Å². The quantitative estimate of drug-likeness (QED) is 0.258. The molecule has 9 heteroatoms. The largest absolute Gasteiger partial charge is 0.343 e. The highest BCUT2D eigenvalue weighted by Gasteiger charge is 2.38. The Morgan fingerprint density at radius 1 is 0.943 bits per heavy atom. The third-order valence-corrected chi connectivity index (χ3v) is 8.94. The van der Waals surface area contributed by atoms with Crippen molar-refractivity contribution in [3.63, 3.8) is 0 Å². The summed E-state index contributed by atoms with van der Waals surface area (Å²) in [6.07, 6.45) is 3.29. The van der Waals surface area contributed by atoms with Crippen molar-refractivity contribution in [2.75, 3.05) is 17.6 Å². The number of carbonyl (C=O) groups is 3. The van der Waals surface area contributed by atoms with Gasteiger partial charge in [-0.05, 0) is 60.6 Å². The van der Waals surface area contributed by atoms with E-state index >= 15 is 0 Å². The second-order valence-electron chi connectivity index (χ2n) is 8.35. The summed E-state index contributed by atoms with van der Waals surface area (Å²) in [7, 11) is 0. The molecule has 3 aromatic rings. The van der Waals surface area contributed by atoms with E-state index in [9.17, 15) is 14.4 Å². The van der Waals surface area contributed by atoms with Crippen LogP contribution in [0.5, 0.6) is 0 Å². The molecule has 2 aromatic carbocycles. The van der Waals surface area contributed by atoms with Crippen LogP contribution in [0.15, 0.2) is 66.7 Å². The number of benzene rings is 2. The van der Waals surface area contributed by atoms with Crippen LogP contribution in [0.1, 0.15) is 40.9 Å². The minimum atomic E-state index is -0.376. The summed E-state index contributed by atoms with van der Waals surface area (Å²) in [6.45, 7) is -0.131. The van der Waals surface area contributed by atoms with E-state index in [1.165, 1.54) is 0 Å². The lowest BCUT2D eigenvalue weighted by molar-refractivity contribution is -0.129. The zero-order valence-corrected chi connectivity index (χ0v) is 20.7. The Hall–Kier alpha value is -3.14.